The number of rotatable bonds is 5. The SMILES string of the molecule is O=C(Nc1ccc(Nc2cc(N3CCOCC3)cnn2)cc1)c1cc2ccccn2c1. The number of benzene rings is 1. The summed E-state index contributed by atoms with van der Waals surface area (Å²) < 4.78 is 7.33. The van der Waals surface area contributed by atoms with Gasteiger partial charge in [-0.05, 0) is 42.5 Å². The summed E-state index contributed by atoms with van der Waals surface area (Å²) in [5.74, 6) is 0.523. The summed E-state index contributed by atoms with van der Waals surface area (Å²) >= 11 is 0. The molecule has 0 atom stereocenters. The van der Waals surface area contributed by atoms with Crippen molar-refractivity contribution in [2.45, 2.75) is 0 Å². The van der Waals surface area contributed by atoms with Gasteiger partial charge in [-0.15, -0.1) is 5.10 Å². The van der Waals surface area contributed by atoms with Gasteiger partial charge in [-0.2, -0.15) is 5.10 Å². The Bertz CT molecular complexity index is 1170. The Labute approximate surface area is 179 Å². The van der Waals surface area contributed by atoms with Crippen molar-refractivity contribution < 1.29 is 9.53 Å². The number of hydrogen-bond acceptors (Lipinski definition) is 6. The summed E-state index contributed by atoms with van der Waals surface area (Å²) in [4.78, 5) is 14.8. The zero-order chi connectivity index (χ0) is 21.0. The first-order valence-electron chi connectivity index (χ1n) is 10.2. The highest BCUT2D eigenvalue weighted by Crippen LogP contribution is 2.22. The fraction of sp³-hybridized carbons (Fsp3) is 0.174. The molecule has 5 rings (SSSR count). The van der Waals surface area contributed by atoms with Crippen LogP contribution in [0.1, 0.15) is 10.4 Å². The van der Waals surface area contributed by atoms with Gasteiger partial charge in [0.25, 0.3) is 5.91 Å². The molecule has 156 valence electrons. The minimum Gasteiger partial charge on any atom is -0.378 e. The fourth-order valence-electron chi connectivity index (χ4n) is 3.58. The van der Waals surface area contributed by atoms with Gasteiger partial charge in [0.05, 0.1) is 30.7 Å². The van der Waals surface area contributed by atoms with Crippen LogP contribution in [0.2, 0.25) is 0 Å². The van der Waals surface area contributed by atoms with Crippen molar-refractivity contribution in [1.29, 1.82) is 0 Å². The highest BCUT2D eigenvalue weighted by molar-refractivity contribution is 6.05. The van der Waals surface area contributed by atoms with Crippen LogP contribution in [0.3, 0.4) is 0 Å². The summed E-state index contributed by atoms with van der Waals surface area (Å²) in [5.41, 5.74) is 4.20. The topological polar surface area (TPSA) is 83.8 Å². The first kappa shape index (κ1) is 19.1. The molecule has 3 aromatic heterocycles. The van der Waals surface area contributed by atoms with E-state index in [0.29, 0.717) is 11.4 Å². The lowest BCUT2D eigenvalue weighted by atomic mass is 10.2. The van der Waals surface area contributed by atoms with Crippen LogP contribution >= 0.6 is 0 Å². The highest BCUT2D eigenvalue weighted by atomic mass is 16.5. The van der Waals surface area contributed by atoms with Gasteiger partial charge in [-0.25, -0.2) is 0 Å². The van der Waals surface area contributed by atoms with Crippen molar-refractivity contribution >= 4 is 34.3 Å². The van der Waals surface area contributed by atoms with Crippen LogP contribution in [0.15, 0.2) is 73.2 Å². The first-order valence-corrected chi connectivity index (χ1v) is 10.2. The van der Waals surface area contributed by atoms with Gasteiger partial charge < -0.3 is 24.7 Å². The third-order valence-electron chi connectivity index (χ3n) is 5.20. The van der Waals surface area contributed by atoms with Crippen LogP contribution < -0.4 is 15.5 Å². The van der Waals surface area contributed by atoms with E-state index in [1.807, 2.05) is 71.4 Å². The standard InChI is InChI=1S/C23H22N6O2/c30-23(17-13-20-3-1-2-8-29(20)16-17)26-19-6-4-18(5-7-19)25-22-14-21(15-24-27-22)28-9-11-31-12-10-28/h1-8,13-16H,9-12H2,(H,25,27)(H,26,30). The predicted octanol–water partition coefficient (Wildman–Crippen LogP) is 3.56. The number of fused-ring (bicyclic) bond motifs is 1. The number of carbonyl (C=O) groups is 1. The van der Waals surface area contributed by atoms with E-state index in [2.05, 4.69) is 25.7 Å². The van der Waals surface area contributed by atoms with Crippen LogP contribution in [-0.2, 0) is 4.74 Å². The maximum absolute atomic E-state index is 12.6. The van der Waals surface area contributed by atoms with Crippen LogP contribution in [-0.4, -0.2) is 46.8 Å². The highest BCUT2D eigenvalue weighted by Gasteiger charge is 2.13. The Morgan fingerprint density at radius 3 is 2.61 bits per heavy atom. The smallest absolute Gasteiger partial charge is 0.257 e. The molecule has 2 N–H and O–H groups in total. The number of nitrogens with one attached hydrogen (secondary N) is 2. The quantitative estimate of drug-likeness (QED) is 0.520. The number of aromatic nitrogens is 3. The molecule has 4 aromatic rings. The Morgan fingerprint density at radius 2 is 1.81 bits per heavy atom. The first-order chi connectivity index (χ1) is 15.2. The molecule has 0 aliphatic carbocycles. The number of nitrogens with zero attached hydrogens (tertiary/aromatic N) is 4. The van der Waals surface area contributed by atoms with Crippen LogP contribution in [0, 0.1) is 0 Å². The van der Waals surface area contributed by atoms with E-state index in [1.165, 1.54) is 0 Å². The van der Waals surface area contributed by atoms with Gasteiger partial charge in [0.15, 0.2) is 5.82 Å². The molecule has 1 fully saturated rings. The Kier molecular flexibility index (Phi) is 5.20. The molecule has 0 saturated carbocycles. The number of anilines is 4. The van der Waals surface area contributed by atoms with Crippen molar-refractivity contribution in [2.24, 2.45) is 0 Å². The van der Waals surface area contributed by atoms with Crippen LogP contribution in [0.25, 0.3) is 5.52 Å². The zero-order valence-electron chi connectivity index (χ0n) is 16.9. The van der Waals surface area contributed by atoms with Gasteiger partial charge in [0, 0.05) is 48.4 Å². The largest absolute Gasteiger partial charge is 0.378 e. The second-order valence-corrected chi connectivity index (χ2v) is 7.32. The normalized spacial score (nSPS) is 13.9. The van der Waals surface area contributed by atoms with Crippen molar-refractivity contribution in [3.63, 3.8) is 0 Å². The Balaban J connectivity index is 1.24. The van der Waals surface area contributed by atoms with Crippen molar-refractivity contribution in [1.82, 2.24) is 14.6 Å². The lowest BCUT2D eigenvalue weighted by Crippen LogP contribution is -2.36. The maximum atomic E-state index is 12.6. The molecule has 1 aromatic carbocycles. The Hall–Kier alpha value is -3.91. The second-order valence-electron chi connectivity index (χ2n) is 7.32. The van der Waals surface area contributed by atoms with Crippen molar-refractivity contribution in [3.8, 4) is 0 Å². The molecule has 0 radical (unpaired) electrons. The van der Waals surface area contributed by atoms with E-state index < -0.39 is 0 Å². The Morgan fingerprint density at radius 1 is 1.00 bits per heavy atom. The third kappa shape index (κ3) is 4.34. The van der Waals surface area contributed by atoms with Crippen molar-refractivity contribution in [3.05, 3.63) is 78.8 Å². The zero-order valence-corrected chi connectivity index (χ0v) is 16.9. The van der Waals surface area contributed by atoms with Gasteiger partial charge in [-0.1, -0.05) is 6.07 Å². The van der Waals surface area contributed by atoms with Gasteiger partial charge in [-0.3, -0.25) is 4.79 Å². The number of amides is 1. The number of carbonyl (C=O) groups excluding carboxylic acids is 1. The molecule has 1 aliphatic heterocycles. The molecule has 8 heteroatoms. The monoisotopic (exact) mass is 414 g/mol. The minimum absolute atomic E-state index is 0.145. The third-order valence-corrected chi connectivity index (χ3v) is 5.20. The molecule has 8 nitrogen and oxygen atoms in total. The van der Waals surface area contributed by atoms with Crippen LogP contribution in [0.5, 0.6) is 0 Å². The average molecular weight is 414 g/mol. The van der Waals surface area contributed by atoms with E-state index >= 15 is 0 Å². The molecule has 0 unspecified atom stereocenters. The predicted molar refractivity (Wildman–Crippen MR) is 120 cm³/mol. The minimum atomic E-state index is -0.145. The summed E-state index contributed by atoms with van der Waals surface area (Å²) in [5, 5.41) is 14.5. The number of hydrogen-bond donors (Lipinski definition) is 2. The molecule has 31 heavy (non-hydrogen) atoms. The van der Waals surface area contributed by atoms with E-state index in [9.17, 15) is 4.79 Å². The van der Waals surface area contributed by atoms with Gasteiger partial charge in [0.2, 0.25) is 0 Å². The molecular weight excluding hydrogens is 392 g/mol. The lowest BCUT2D eigenvalue weighted by molar-refractivity contribution is 0.102. The number of ether oxygens (including phenoxy) is 1. The summed E-state index contributed by atoms with van der Waals surface area (Å²) in [7, 11) is 0. The van der Waals surface area contributed by atoms with Crippen molar-refractivity contribution in [2.75, 3.05) is 41.8 Å². The molecule has 4 heterocycles. The summed E-state index contributed by atoms with van der Waals surface area (Å²) in [6, 6.07) is 17.2. The lowest BCUT2D eigenvalue weighted by Gasteiger charge is -2.28. The number of morpholine rings is 1. The van der Waals surface area contributed by atoms with E-state index in [4.69, 9.17) is 4.74 Å². The molecular formula is C23H22N6O2. The molecule has 1 amide bonds. The van der Waals surface area contributed by atoms with Crippen LogP contribution in [0.4, 0.5) is 22.9 Å². The number of pyridine rings is 1. The summed E-state index contributed by atoms with van der Waals surface area (Å²) in [6.07, 6.45) is 5.50. The van der Waals surface area contributed by atoms with Gasteiger partial charge >= 0.3 is 0 Å². The van der Waals surface area contributed by atoms with E-state index in [-0.39, 0.29) is 5.91 Å². The molecule has 1 aliphatic rings. The average Bonchev–Trinajstić information content (AvgIpc) is 3.26. The second kappa shape index (κ2) is 8.45. The maximum Gasteiger partial charge on any atom is 0.257 e. The molecule has 1 saturated heterocycles. The van der Waals surface area contributed by atoms with Gasteiger partial charge in [0.1, 0.15) is 0 Å². The van der Waals surface area contributed by atoms with E-state index in [0.717, 1.165) is 48.9 Å². The molecule has 0 spiro atoms. The fourth-order valence-corrected chi connectivity index (χ4v) is 3.58. The summed E-state index contributed by atoms with van der Waals surface area (Å²) in [6.45, 7) is 3.13. The molecule has 0 bridgehead atoms. The van der Waals surface area contributed by atoms with E-state index in [1.54, 1.807) is 6.20 Å².